The van der Waals surface area contributed by atoms with E-state index in [0.717, 1.165) is 10.4 Å². The SMILES string of the molecule is COc1cc(-c2nc(C(=O)NCC#N)c(C)s2)cc(OC)c1OC. The van der Waals surface area contributed by atoms with Crippen LogP contribution in [-0.4, -0.2) is 38.8 Å². The zero-order chi connectivity index (χ0) is 17.7. The molecule has 1 amide bonds. The number of aryl methyl sites for hydroxylation is 1. The molecule has 24 heavy (non-hydrogen) atoms. The minimum atomic E-state index is -0.371. The first-order valence-electron chi connectivity index (χ1n) is 6.98. The van der Waals surface area contributed by atoms with Gasteiger partial charge in [0.15, 0.2) is 11.5 Å². The van der Waals surface area contributed by atoms with Crippen molar-refractivity contribution in [2.24, 2.45) is 0 Å². The second kappa shape index (κ2) is 7.66. The summed E-state index contributed by atoms with van der Waals surface area (Å²) in [6.45, 7) is 1.75. The smallest absolute Gasteiger partial charge is 0.271 e. The number of carbonyl (C=O) groups excluding carboxylic acids is 1. The van der Waals surface area contributed by atoms with E-state index in [1.807, 2.05) is 6.07 Å². The standard InChI is InChI=1S/C16H17N3O4S/c1-9-13(15(20)18-6-5-17)19-16(24-9)10-7-11(21-2)14(23-4)12(8-10)22-3/h7-8H,6H2,1-4H3,(H,18,20). The van der Waals surface area contributed by atoms with Gasteiger partial charge in [-0.25, -0.2) is 4.98 Å². The van der Waals surface area contributed by atoms with Gasteiger partial charge in [0.2, 0.25) is 5.75 Å². The number of nitriles is 1. The number of nitrogens with one attached hydrogen (secondary N) is 1. The first kappa shape index (κ1) is 17.6. The van der Waals surface area contributed by atoms with Gasteiger partial charge >= 0.3 is 0 Å². The van der Waals surface area contributed by atoms with Crippen molar-refractivity contribution in [1.82, 2.24) is 10.3 Å². The van der Waals surface area contributed by atoms with E-state index in [1.54, 1.807) is 19.1 Å². The Kier molecular flexibility index (Phi) is 5.60. The van der Waals surface area contributed by atoms with Gasteiger partial charge in [-0.2, -0.15) is 5.26 Å². The Bertz CT molecular complexity index is 770. The van der Waals surface area contributed by atoms with Gasteiger partial charge in [-0.3, -0.25) is 4.79 Å². The van der Waals surface area contributed by atoms with E-state index in [1.165, 1.54) is 32.7 Å². The summed E-state index contributed by atoms with van der Waals surface area (Å²) in [4.78, 5) is 17.2. The molecular weight excluding hydrogens is 330 g/mol. The largest absolute Gasteiger partial charge is 0.493 e. The third-order valence-electron chi connectivity index (χ3n) is 3.25. The lowest BCUT2D eigenvalue weighted by molar-refractivity contribution is 0.0953. The summed E-state index contributed by atoms with van der Waals surface area (Å²) in [6, 6.07) is 5.41. The third-order valence-corrected chi connectivity index (χ3v) is 4.27. The van der Waals surface area contributed by atoms with Crippen molar-refractivity contribution < 1.29 is 19.0 Å². The molecule has 1 aromatic carbocycles. The van der Waals surface area contributed by atoms with Crippen LogP contribution in [-0.2, 0) is 0 Å². The maximum atomic E-state index is 12.0. The van der Waals surface area contributed by atoms with Crippen molar-refractivity contribution in [2.45, 2.75) is 6.92 Å². The Balaban J connectivity index is 2.46. The molecule has 1 aromatic heterocycles. The number of methoxy groups -OCH3 is 3. The fourth-order valence-electron chi connectivity index (χ4n) is 2.14. The van der Waals surface area contributed by atoms with Crippen LogP contribution in [0.25, 0.3) is 10.6 Å². The summed E-state index contributed by atoms with van der Waals surface area (Å²) in [6.07, 6.45) is 0. The second-order valence-corrected chi connectivity index (χ2v) is 5.88. The summed E-state index contributed by atoms with van der Waals surface area (Å²) in [7, 11) is 4.61. The molecule has 0 spiro atoms. The number of carbonyl (C=O) groups is 1. The lowest BCUT2D eigenvalue weighted by atomic mass is 10.2. The molecule has 0 atom stereocenters. The Morgan fingerprint density at radius 3 is 2.38 bits per heavy atom. The molecule has 0 aliphatic rings. The lowest BCUT2D eigenvalue weighted by Gasteiger charge is -2.13. The van der Waals surface area contributed by atoms with Gasteiger partial charge in [-0.15, -0.1) is 11.3 Å². The molecule has 0 saturated carbocycles. The normalized spacial score (nSPS) is 9.96. The molecular formula is C16H17N3O4S. The summed E-state index contributed by atoms with van der Waals surface area (Å²) in [5.74, 6) is 1.14. The van der Waals surface area contributed by atoms with Gasteiger partial charge in [0.25, 0.3) is 5.91 Å². The number of amides is 1. The number of thiazole rings is 1. The monoisotopic (exact) mass is 347 g/mol. The summed E-state index contributed by atoms with van der Waals surface area (Å²) < 4.78 is 16.0. The van der Waals surface area contributed by atoms with E-state index in [4.69, 9.17) is 19.5 Å². The third kappa shape index (κ3) is 3.41. The minimum Gasteiger partial charge on any atom is -0.493 e. The Labute approximate surface area is 143 Å². The molecule has 2 rings (SSSR count). The van der Waals surface area contributed by atoms with Crippen molar-refractivity contribution >= 4 is 17.2 Å². The van der Waals surface area contributed by atoms with Crippen LogP contribution < -0.4 is 19.5 Å². The van der Waals surface area contributed by atoms with Crippen LogP contribution in [0.15, 0.2) is 12.1 Å². The highest BCUT2D eigenvalue weighted by Gasteiger charge is 2.19. The summed E-state index contributed by atoms with van der Waals surface area (Å²) in [5, 5.41) is 11.7. The zero-order valence-electron chi connectivity index (χ0n) is 13.8. The number of ether oxygens (including phenoxy) is 3. The second-order valence-electron chi connectivity index (χ2n) is 4.68. The number of aromatic nitrogens is 1. The molecule has 0 fully saturated rings. The number of hydrogen-bond donors (Lipinski definition) is 1. The van der Waals surface area contributed by atoms with Crippen molar-refractivity contribution in [2.75, 3.05) is 27.9 Å². The van der Waals surface area contributed by atoms with E-state index in [2.05, 4.69) is 10.3 Å². The maximum absolute atomic E-state index is 12.0. The summed E-state index contributed by atoms with van der Waals surface area (Å²) in [5.41, 5.74) is 1.05. The van der Waals surface area contributed by atoms with E-state index < -0.39 is 0 Å². The molecule has 0 bridgehead atoms. The van der Waals surface area contributed by atoms with Crippen LogP contribution in [0.4, 0.5) is 0 Å². The first-order valence-corrected chi connectivity index (χ1v) is 7.80. The number of benzene rings is 1. The average molecular weight is 347 g/mol. The quantitative estimate of drug-likeness (QED) is 0.807. The molecule has 2 aromatic rings. The van der Waals surface area contributed by atoms with Crippen molar-refractivity contribution in [3.05, 3.63) is 22.7 Å². The molecule has 0 radical (unpaired) electrons. The van der Waals surface area contributed by atoms with Crippen LogP contribution in [0, 0.1) is 18.3 Å². The molecule has 1 heterocycles. The first-order chi connectivity index (χ1) is 11.5. The minimum absolute atomic E-state index is 0.0602. The highest BCUT2D eigenvalue weighted by Crippen LogP contribution is 2.42. The molecule has 1 N–H and O–H groups in total. The topological polar surface area (TPSA) is 93.5 Å². The molecule has 0 aliphatic carbocycles. The van der Waals surface area contributed by atoms with Gasteiger partial charge in [-0.1, -0.05) is 0 Å². The molecule has 0 saturated heterocycles. The number of rotatable bonds is 6. The van der Waals surface area contributed by atoms with Crippen LogP contribution in [0.3, 0.4) is 0 Å². The van der Waals surface area contributed by atoms with E-state index >= 15 is 0 Å². The van der Waals surface area contributed by atoms with Gasteiger partial charge in [0, 0.05) is 10.4 Å². The molecule has 7 nitrogen and oxygen atoms in total. The lowest BCUT2D eigenvalue weighted by Crippen LogP contribution is -2.24. The van der Waals surface area contributed by atoms with Gasteiger partial charge in [0.05, 0.1) is 27.4 Å². The number of hydrogen-bond acceptors (Lipinski definition) is 7. The Hall–Kier alpha value is -2.79. The molecule has 8 heteroatoms. The van der Waals surface area contributed by atoms with Crippen molar-refractivity contribution in [3.63, 3.8) is 0 Å². The van der Waals surface area contributed by atoms with Gasteiger partial charge in [-0.05, 0) is 19.1 Å². The highest BCUT2D eigenvalue weighted by atomic mass is 32.1. The Morgan fingerprint density at radius 1 is 1.25 bits per heavy atom. The van der Waals surface area contributed by atoms with E-state index in [9.17, 15) is 4.79 Å². The fourth-order valence-corrected chi connectivity index (χ4v) is 3.04. The van der Waals surface area contributed by atoms with Crippen LogP contribution in [0.2, 0.25) is 0 Å². The predicted molar refractivity (Wildman–Crippen MR) is 89.9 cm³/mol. The van der Waals surface area contributed by atoms with E-state index in [-0.39, 0.29) is 12.5 Å². The average Bonchev–Trinajstić information content (AvgIpc) is 3.00. The number of nitrogens with zero attached hydrogens (tertiary/aromatic N) is 2. The molecule has 0 aliphatic heterocycles. The predicted octanol–water partition coefficient (Wildman–Crippen LogP) is 2.40. The van der Waals surface area contributed by atoms with Crippen LogP contribution in [0.5, 0.6) is 17.2 Å². The fraction of sp³-hybridized carbons (Fsp3) is 0.312. The highest BCUT2D eigenvalue weighted by molar-refractivity contribution is 7.15. The maximum Gasteiger partial charge on any atom is 0.271 e. The van der Waals surface area contributed by atoms with Gasteiger partial charge in [0.1, 0.15) is 17.2 Å². The van der Waals surface area contributed by atoms with Crippen molar-refractivity contribution in [3.8, 4) is 33.9 Å². The van der Waals surface area contributed by atoms with E-state index in [0.29, 0.717) is 28.0 Å². The van der Waals surface area contributed by atoms with Crippen LogP contribution in [0.1, 0.15) is 15.4 Å². The van der Waals surface area contributed by atoms with Crippen molar-refractivity contribution in [1.29, 1.82) is 5.26 Å². The Morgan fingerprint density at radius 2 is 1.88 bits per heavy atom. The van der Waals surface area contributed by atoms with Gasteiger partial charge < -0.3 is 19.5 Å². The molecule has 0 unspecified atom stereocenters. The zero-order valence-corrected chi connectivity index (χ0v) is 14.6. The van der Waals surface area contributed by atoms with Crippen LogP contribution >= 0.6 is 11.3 Å². The summed E-state index contributed by atoms with van der Waals surface area (Å²) >= 11 is 1.37. The molecule has 126 valence electrons.